The Morgan fingerprint density at radius 3 is 2.78 bits per heavy atom. The molecule has 0 atom stereocenters. The molecule has 1 saturated heterocycles. The van der Waals surface area contributed by atoms with Gasteiger partial charge in [-0.2, -0.15) is 0 Å². The third-order valence-corrected chi connectivity index (χ3v) is 3.98. The lowest BCUT2D eigenvalue weighted by molar-refractivity contribution is 0.0766. The first-order valence-electron chi connectivity index (χ1n) is 7.61. The summed E-state index contributed by atoms with van der Waals surface area (Å²) in [5, 5.41) is 3.70. The molecule has 1 aromatic heterocycles. The van der Waals surface area contributed by atoms with Gasteiger partial charge in [-0.15, -0.1) is 0 Å². The zero-order valence-electron chi connectivity index (χ0n) is 12.7. The number of hydrogen-bond donors (Lipinski definition) is 1. The molecule has 1 amide bonds. The van der Waals surface area contributed by atoms with Crippen LogP contribution in [0, 0.1) is 0 Å². The minimum atomic E-state index is 0.00561. The van der Waals surface area contributed by atoms with Crippen molar-refractivity contribution >= 4 is 17.5 Å². The quantitative estimate of drug-likeness (QED) is 0.939. The molecule has 1 fully saturated rings. The van der Waals surface area contributed by atoms with Crippen molar-refractivity contribution in [1.82, 2.24) is 15.2 Å². The highest BCUT2D eigenvalue weighted by Crippen LogP contribution is 2.30. The molecular weight excluding hydrogens is 314 g/mol. The van der Waals surface area contributed by atoms with Gasteiger partial charge in [0.15, 0.2) is 0 Å². The van der Waals surface area contributed by atoms with Crippen LogP contribution >= 0.6 is 11.6 Å². The monoisotopic (exact) mass is 331 g/mol. The topological polar surface area (TPSA) is 54.5 Å². The molecule has 0 unspecified atom stereocenters. The average Bonchev–Trinajstić information content (AvgIpc) is 2.86. The molecule has 1 N–H and O–H groups in total. The minimum absolute atomic E-state index is 0.00561. The van der Waals surface area contributed by atoms with Gasteiger partial charge in [0.2, 0.25) is 0 Å². The Bertz CT molecular complexity index is 671. The highest BCUT2D eigenvalue weighted by Gasteiger charge is 2.18. The minimum Gasteiger partial charge on any atom is -0.456 e. The van der Waals surface area contributed by atoms with Gasteiger partial charge < -0.3 is 15.0 Å². The number of hydrogen-bond acceptors (Lipinski definition) is 4. The standard InChI is InChI=1S/C17H18ClN3O2/c18-15-12-13(17(22)21-10-1-6-19-9-11-21)2-3-16(15)23-14-4-7-20-8-5-14/h2-5,7-8,12,19H,1,6,9-11H2. The largest absolute Gasteiger partial charge is 0.456 e. The van der Waals surface area contributed by atoms with E-state index in [0.717, 1.165) is 26.1 Å². The van der Waals surface area contributed by atoms with Gasteiger partial charge in [0.25, 0.3) is 5.91 Å². The third-order valence-electron chi connectivity index (χ3n) is 3.68. The lowest BCUT2D eigenvalue weighted by Crippen LogP contribution is -2.34. The maximum atomic E-state index is 12.6. The summed E-state index contributed by atoms with van der Waals surface area (Å²) in [5.74, 6) is 1.18. The molecule has 0 radical (unpaired) electrons. The number of nitrogens with zero attached hydrogens (tertiary/aromatic N) is 2. The predicted octanol–water partition coefficient (Wildman–Crippen LogP) is 2.96. The molecule has 1 aliphatic rings. The van der Waals surface area contributed by atoms with Crippen molar-refractivity contribution in [2.24, 2.45) is 0 Å². The molecule has 6 heteroatoms. The van der Waals surface area contributed by atoms with Crippen LogP contribution in [-0.2, 0) is 0 Å². The van der Waals surface area contributed by atoms with Crippen LogP contribution < -0.4 is 10.1 Å². The van der Waals surface area contributed by atoms with Gasteiger partial charge in [-0.25, -0.2) is 0 Å². The van der Waals surface area contributed by atoms with E-state index in [0.29, 0.717) is 28.6 Å². The van der Waals surface area contributed by atoms with E-state index >= 15 is 0 Å². The normalized spacial score (nSPS) is 15.1. The first-order chi connectivity index (χ1) is 11.2. The predicted molar refractivity (Wildman–Crippen MR) is 89.2 cm³/mol. The Balaban J connectivity index is 1.74. The van der Waals surface area contributed by atoms with E-state index in [2.05, 4.69) is 10.3 Å². The summed E-state index contributed by atoms with van der Waals surface area (Å²) >= 11 is 6.27. The Morgan fingerprint density at radius 2 is 2.00 bits per heavy atom. The first-order valence-corrected chi connectivity index (χ1v) is 7.99. The SMILES string of the molecule is O=C(c1ccc(Oc2ccncc2)c(Cl)c1)N1CCCNCC1. The molecule has 0 spiro atoms. The summed E-state index contributed by atoms with van der Waals surface area (Å²) in [6, 6.07) is 8.65. The van der Waals surface area contributed by atoms with Crippen molar-refractivity contribution < 1.29 is 9.53 Å². The highest BCUT2D eigenvalue weighted by atomic mass is 35.5. The van der Waals surface area contributed by atoms with Crippen LogP contribution in [0.15, 0.2) is 42.7 Å². The molecule has 0 saturated carbocycles. The van der Waals surface area contributed by atoms with Gasteiger partial charge in [-0.05, 0) is 43.3 Å². The number of benzene rings is 1. The number of carbonyl (C=O) groups is 1. The molecule has 23 heavy (non-hydrogen) atoms. The Morgan fingerprint density at radius 1 is 1.17 bits per heavy atom. The average molecular weight is 332 g/mol. The lowest BCUT2D eigenvalue weighted by atomic mass is 10.2. The van der Waals surface area contributed by atoms with Crippen molar-refractivity contribution in [3.05, 3.63) is 53.3 Å². The molecule has 2 aromatic rings. The summed E-state index contributed by atoms with van der Waals surface area (Å²) in [6.07, 6.45) is 4.26. The van der Waals surface area contributed by atoms with Crippen molar-refractivity contribution in [3.63, 3.8) is 0 Å². The summed E-state index contributed by atoms with van der Waals surface area (Å²) in [6.45, 7) is 3.25. The smallest absolute Gasteiger partial charge is 0.253 e. The number of halogens is 1. The van der Waals surface area contributed by atoms with Crippen LogP contribution in [0.5, 0.6) is 11.5 Å². The van der Waals surface area contributed by atoms with Crippen LogP contribution in [0.3, 0.4) is 0 Å². The number of pyridine rings is 1. The summed E-state index contributed by atoms with van der Waals surface area (Å²) in [4.78, 5) is 18.4. The molecule has 0 aliphatic carbocycles. The van der Waals surface area contributed by atoms with Crippen LogP contribution in [0.25, 0.3) is 0 Å². The molecule has 5 nitrogen and oxygen atoms in total. The van der Waals surface area contributed by atoms with Crippen molar-refractivity contribution in [1.29, 1.82) is 0 Å². The number of amides is 1. The van der Waals surface area contributed by atoms with Gasteiger partial charge in [-0.1, -0.05) is 11.6 Å². The fourth-order valence-corrected chi connectivity index (χ4v) is 2.70. The number of carbonyl (C=O) groups excluding carboxylic acids is 1. The van der Waals surface area contributed by atoms with Crippen LogP contribution in [0.2, 0.25) is 5.02 Å². The first kappa shape index (κ1) is 15.8. The zero-order valence-corrected chi connectivity index (χ0v) is 13.4. The maximum Gasteiger partial charge on any atom is 0.253 e. The van der Waals surface area contributed by atoms with Crippen molar-refractivity contribution in [2.75, 3.05) is 26.2 Å². The zero-order chi connectivity index (χ0) is 16.1. The van der Waals surface area contributed by atoms with Crippen molar-refractivity contribution in [2.45, 2.75) is 6.42 Å². The Kier molecular flexibility index (Phi) is 5.10. The highest BCUT2D eigenvalue weighted by molar-refractivity contribution is 6.32. The Labute approximate surface area is 140 Å². The van der Waals surface area contributed by atoms with E-state index < -0.39 is 0 Å². The molecule has 2 heterocycles. The van der Waals surface area contributed by atoms with Gasteiger partial charge in [0, 0.05) is 37.6 Å². The van der Waals surface area contributed by atoms with Gasteiger partial charge in [0.05, 0.1) is 5.02 Å². The van der Waals surface area contributed by atoms with E-state index in [-0.39, 0.29) is 5.91 Å². The lowest BCUT2D eigenvalue weighted by Gasteiger charge is -2.20. The van der Waals surface area contributed by atoms with Crippen LogP contribution in [0.4, 0.5) is 0 Å². The van der Waals surface area contributed by atoms with Crippen LogP contribution in [-0.4, -0.2) is 42.0 Å². The molecule has 1 aromatic carbocycles. The number of aromatic nitrogens is 1. The molecule has 120 valence electrons. The van der Waals surface area contributed by atoms with Gasteiger partial charge in [-0.3, -0.25) is 9.78 Å². The fourth-order valence-electron chi connectivity index (χ4n) is 2.48. The van der Waals surface area contributed by atoms with E-state index in [9.17, 15) is 4.79 Å². The molecule has 1 aliphatic heterocycles. The molecule has 3 rings (SSSR count). The van der Waals surface area contributed by atoms with E-state index in [1.54, 1.807) is 42.7 Å². The summed E-state index contributed by atoms with van der Waals surface area (Å²) in [7, 11) is 0. The van der Waals surface area contributed by atoms with Gasteiger partial charge >= 0.3 is 0 Å². The second-order valence-electron chi connectivity index (χ2n) is 5.33. The van der Waals surface area contributed by atoms with E-state index in [1.165, 1.54) is 0 Å². The second kappa shape index (κ2) is 7.44. The van der Waals surface area contributed by atoms with Crippen molar-refractivity contribution in [3.8, 4) is 11.5 Å². The molecule has 0 bridgehead atoms. The number of ether oxygens (including phenoxy) is 1. The number of rotatable bonds is 3. The maximum absolute atomic E-state index is 12.6. The van der Waals surface area contributed by atoms with Gasteiger partial charge in [0.1, 0.15) is 11.5 Å². The molecular formula is C17H18ClN3O2. The number of nitrogens with one attached hydrogen (secondary N) is 1. The fraction of sp³-hybridized carbons (Fsp3) is 0.294. The van der Waals surface area contributed by atoms with E-state index in [4.69, 9.17) is 16.3 Å². The Hall–Kier alpha value is -2.11. The van der Waals surface area contributed by atoms with Crippen LogP contribution in [0.1, 0.15) is 16.8 Å². The third kappa shape index (κ3) is 4.00. The summed E-state index contributed by atoms with van der Waals surface area (Å²) < 4.78 is 5.70. The second-order valence-corrected chi connectivity index (χ2v) is 5.73. The van der Waals surface area contributed by atoms with E-state index in [1.807, 2.05) is 4.90 Å². The summed E-state index contributed by atoms with van der Waals surface area (Å²) in [5.41, 5.74) is 0.582.